The van der Waals surface area contributed by atoms with Gasteiger partial charge in [0.05, 0.1) is 11.9 Å². The lowest BCUT2D eigenvalue weighted by Gasteiger charge is -2.23. The zero-order valence-electron chi connectivity index (χ0n) is 17.7. The lowest BCUT2D eigenvalue weighted by molar-refractivity contribution is -0.121. The van der Waals surface area contributed by atoms with Crippen molar-refractivity contribution in [3.8, 4) is 0 Å². The number of hydrogen-bond donors (Lipinski definition) is 1. The quantitative estimate of drug-likeness (QED) is 0.523. The van der Waals surface area contributed by atoms with Gasteiger partial charge in [0.15, 0.2) is 0 Å². The van der Waals surface area contributed by atoms with E-state index in [-0.39, 0.29) is 24.7 Å². The van der Waals surface area contributed by atoms with Crippen molar-refractivity contribution >= 4 is 33.4 Å². The van der Waals surface area contributed by atoms with Crippen LogP contribution in [0, 0.1) is 19.7 Å². The van der Waals surface area contributed by atoms with Crippen molar-refractivity contribution in [1.82, 2.24) is 5.32 Å². The number of carbonyl (C=O) groups is 1. The molecule has 1 N–H and O–H groups in total. The number of halogens is 1. The Balaban J connectivity index is 1.73. The summed E-state index contributed by atoms with van der Waals surface area (Å²) in [6.07, 6.45) is 1.85. The molecule has 0 fully saturated rings. The van der Waals surface area contributed by atoms with Crippen LogP contribution in [0.5, 0.6) is 0 Å². The number of thioether (sulfide) groups is 1. The molecule has 2 rings (SSSR count). The van der Waals surface area contributed by atoms with Crippen molar-refractivity contribution in [1.29, 1.82) is 0 Å². The van der Waals surface area contributed by atoms with Gasteiger partial charge in [0.1, 0.15) is 5.82 Å². The van der Waals surface area contributed by atoms with Crippen LogP contribution < -0.4 is 9.62 Å². The average Bonchev–Trinajstić information content (AvgIpc) is 2.68. The summed E-state index contributed by atoms with van der Waals surface area (Å²) in [5.74, 6) is 0.906. The number of sulfonamides is 1. The molecule has 0 saturated carbocycles. The third kappa shape index (κ3) is 7.65. The van der Waals surface area contributed by atoms with Crippen LogP contribution in [0.15, 0.2) is 42.5 Å². The van der Waals surface area contributed by atoms with E-state index < -0.39 is 10.0 Å². The van der Waals surface area contributed by atoms with Gasteiger partial charge < -0.3 is 5.32 Å². The fraction of sp³-hybridized carbons (Fsp3) is 0.409. The summed E-state index contributed by atoms with van der Waals surface area (Å²) < 4.78 is 39.3. The lowest BCUT2D eigenvalue weighted by atomic mass is 10.1. The highest BCUT2D eigenvalue weighted by atomic mass is 32.2. The van der Waals surface area contributed by atoms with Crippen LogP contribution in [0.4, 0.5) is 10.1 Å². The largest absolute Gasteiger partial charge is 0.355 e. The normalized spacial score (nSPS) is 11.3. The zero-order chi connectivity index (χ0) is 22.1. The minimum atomic E-state index is -3.43. The van der Waals surface area contributed by atoms with Gasteiger partial charge in [-0.05, 0) is 55.2 Å². The summed E-state index contributed by atoms with van der Waals surface area (Å²) in [7, 11) is -3.43. The number of carbonyl (C=O) groups excluding carboxylic acids is 1. The van der Waals surface area contributed by atoms with E-state index in [1.807, 2.05) is 26.0 Å². The van der Waals surface area contributed by atoms with Crippen LogP contribution in [0.25, 0.3) is 0 Å². The van der Waals surface area contributed by atoms with Crippen molar-refractivity contribution in [2.24, 2.45) is 0 Å². The fourth-order valence-corrected chi connectivity index (χ4v) is 4.70. The first-order valence-electron chi connectivity index (χ1n) is 9.81. The molecule has 0 unspecified atom stereocenters. The maximum absolute atomic E-state index is 13.6. The summed E-state index contributed by atoms with van der Waals surface area (Å²) in [5, 5.41) is 2.83. The zero-order valence-corrected chi connectivity index (χ0v) is 19.3. The molecule has 0 aliphatic carbocycles. The molecule has 0 spiro atoms. The molecule has 2 aromatic carbocycles. The number of nitrogens with zero attached hydrogens (tertiary/aromatic N) is 1. The van der Waals surface area contributed by atoms with Gasteiger partial charge in [-0.25, -0.2) is 12.8 Å². The molecule has 0 saturated heterocycles. The van der Waals surface area contributed by atoms with Crippen LogP contribution in [-0.4, -0.2) is 39.4 Å². The Bertz CT molecular complexity index is 965. The highest BCUT2D eigenvalue weighted by Gasteiger charge is 2.18. The monoisotopic (exact) mass is 452 g/mol. The molecule has 0 aliphatic rings. The molecule has 0 heterocycles. The number of benzene rings is 2. The summed E-state index contributed by atoms with van der Waals surface area (Å²) in [5.41, 5.74) is 3.39. The fourth-order valence-electron chi connectivity index (χ4n) is 2.90. The van der Waals surface area contributed by atoms with Crippen molar-refractivity contribution < 1.29 is 17.6 Å². The van der Waals surface area contributed by atoms with Crippen molar-refractivity contribution in [3.05, 3.63) is 65.0 Å². The van der Waals surface area contributed by atoms with E-state index in [4.69, 9.17) is 0 Å². The maximum Gasteiger partial charge on any atom is 0.232 e. The number of hydrogen-bond acceptors (Lipinski definition) is 4. The number of nitrogens with one attached hydrogen (secondary N) is 1. The van der Waals surface area contributed by atoms with Gasteiger partial charge in [0, 0.05) is 31.0 Å². The first-order chi connectivity index (χ1) is 14.2. The molecule has 5 nitrogen and oxygen atoms in total. The summed E-state index contributed by atoms with van der Waals surface area (Å²) in [6, 6.07) is 12.2. The molecule has 0 aliphatic heterocycles. The van der Waals surface area contributed by atoms with Crippen LogP contribution in [0.1, 0.15) is 29.5 Å². The van der Waals surface area contributed by atoms with Gasteiger partial charge in [-0.2, -0.15) is 11.8 Å². The Kier molecular flexibility index (Phi) is 9.17. The molecule has 0 radical (unpaired) electrons. The minimum Gasteiger partial charge on any atom is -0.355 e. The topological polar surface area (TPSA) is 66.5 Å². The van der Waals surface area contributed by atoms with Crippen molar-refractivity contribution in [2.75, 3.05) is 29.4 Å². The molecule has 30 heavy (non-hydrogen) atoms. The van der Waals surface area contributed by atoms with Gasteiger partial charge in [0.25, 0.3) is 0 Å². The Hall–Kier alpha value is -2.06. The molecule has 0 atom stereocenters. The first kappa shape index (κ1) is 24.2. The summed E-state index contributed by atoms with van der Waals surface area (Å²) >= 11 is 1.55. The maximum atomic E-state index is 13.6. The second-order valence-corrected chi connectivity index (χ2v) is 10.2. The molecule has 2 aromatic rings. The summed E-state index contributed by atoms with van der Waals surface area (Å²) in [4.78, 5) is 12.0. The second kappa shape index (κ2) is 11.4. The smallest absolute Gasteiger partial charge is 0.232 e. The Labute approximate surface area is 183 Å². The molecule has 1 amide bonds. The van der Waals surface area contributed by atoms with Gasteiger partial charge in [-0.1, -0.05) is 24.3 Å². The van der Waals surface area contributed by atoms with Crippen LogP contribution in [0.2, 0.25) is 0 Å². The van der Waals surface area contributed by atoms with Gasteiger partial charge in [0.2, 0.25) is 15.9 Å². The highest BCUT2D eigenvalue weighted by Crippen LogP contribution is 2.21. The van der Waals surface area contributed by atoms with E-state index in [0.29, 0.717) is 35.7 Å². The molecule has 8 heteroatoms. The van der Waals surface area contributed by atoms with Gasteiger partial charge in [-0.3, -0.25) is 9.10 Å². The Morgan fingerprint density at radius 2 is 1.87 bits per heavy atom. The van der Waals surface area contributed by atoms with Crippen molar-refractivity contribution in [3.63, 3.8) is 0 Å². The standard InChI is InChI=1S/C22H29FN2O3S2/c1-17-10-11-20(15-18(17)2)25(30(3,27)28)13-6-9-22(26)24-12-14-29-16-19-7-4-5-8-21(19)23/h4-5,7-8,10-11,15H,6,9,12-14,16H2,1-3H3,(H,24,26). The lowest BCUT2D eigenvalue weighted by Crippen LogP contribution is -2.32. The van der Waals surface area contributed by atoms with Gasteiger partial charge in [-0.15, -0.1) is 0 Å². The van der Waals surface area contributed by atoms with Crippen LogP contribution >= 0.6 is 11.8 Å². The van der Waals surface area contributed by atoms with Crippen LogP contribution in [0.3, 0.4) is 0 Å². The van der Waals surface area contributed by atoms with E-state index in [0.717, 1.165) is 11.1 Å². The SMILES string of the molecule is Cc1ccc(N(CCCC(=O)NCCSCc2ccccc2F)S(C)(=O)=O)cc1C. The van der Waals surface area contributed by atoms with Crippen molar-refractivity contribution in [2.45, 2.75) is 32.4 Å². The molecule has 164 valence electrons. The predicted molar refractivity (Wildman–Crippen MR) is 123 cm³/mol. The van der Waals surface area contributed by atoms with Crippen LogP contribution in [-0.2, 0) is 20.6 Å². The first-order valence-corrected chi connectivity index (χ1v) is 12.8. The molecular weight excluding hydrogens is 423 g/mol. The number of amides is 1. The molecule has 0 aromatic heterocycles. The van der Waals surface area contributed by atoms with E-state index >= 15 is 0 Å². The predicted octanol–water partition coefficient (Wildman–Crippen LogP) is 4.04. The third-order valence-electron chi connectivity index (χ3n) is 4.73. The number of anilines is 1. The average molecular weight is 453 g/mol. The van der Waals surface area contributed by atoms with E-state index in [1.54, 1.807) is 36.0 Å². The highest BCUT2D eigenvalue weighted by molar-refractivity contribution is 7.98. The molecular formula is C22H29FN2O3S2. The minimum absolute atomic E-state index is 0.116. The number of aryl methyl sites for hydroxylation is 2. The summed E-state index contributed by atoms with van der Waals surface area (Å²) in [6.45, 7) is 4.65. The van der Waals surface area contributed by atoms with Gasteiger partial charge >= 0.3 is 0 Å². The number of rotatable bonds is 11. The second-order valence-electron chi connectivity index (χ2n) is 7.20. The Morgan fingerprint density at radius 3 is 2.53 bits per heavy atom. The molecule has 0 bridgehead atoms. The van der Waals surface area contributed by atoms with E-state index in [2.05, 4.69) is 5.32 Å². The Morgan fingerprint density at radius 1 is 1.13 bits per heavy atom. The van der Waals surface area contributed by atoms with E-state index in [9.17, 15) is 17.6 Å². The van der Waals surface area contributed by atoms with E-state index in [1.165, 1.54) is 16.6 Å². The third-order valence-corrected chi connectivity index (χ3v) is 6.93.